The summed E-state index contributed by atoms with van der Waals surface area (Å²) in [5.74, 6) is 0.165. The summed E-state index contributed by atoms with van der Waals surface area (Å²) in [6, 6.07) is 2.86. The molecule has 0 saturated heterocycles. The highest BCUT2D eigenvalue weighted by Crippen LogP contribution is 2.34. The molecule has 1 aromatic rings. The Balaban J connectivity index is 2.38. The van der Waals surface area contributed by atoms with Crippen LogP contribution in [-0.4, -0.2) is 31.3 Å². The molecule has 0 fully saturated rings. The van der Waals surface area contributed by atoms with Gasteiger partial charge >= 0.3 is 5.97 Å². The number of benzene rings is 1. The van der Waals surface area contributed by atoms with E-state index in [0.717, 1.165) is 17.5 Å². The molecule has 1 heterocycles. The highest BCUT2D eigenvalue weighted by atomic mass is 16.5. The second-order valence-electron chi connectivity index (χ2n) is 4.11. The zero-order chi connectivity index (χ0) is 13.1. The van der Waals surface area contributed by atoms with Gasteiger partial charge in [0, 0.05) is 6.54 Å². The van der Waals surface area contributed by atoms with Crippen LogP contribution in [0.4, 0.5) is 0 Å². The van der Waals surface area contributed by atoms with E-state index in [9.17, 15) is 9.90 Å². The van der Waals surface area contributed by atoms with Crippen molar-refractivity contribution in [1.29, 1.82) is 0 Å². The van der Waals surface area contributed by atoms with E-state index in [1.54, 1.807) is 19.1 Å². The van der Waals surface area contributed by atoms with Crippen LogP contribution in [-0.2, 0) is 16.0 Å². The third-order valence-electron chi connectivity index (χ3n) is 3.02. The van der Waals surface area contributed by atoms with Crippen molar-refractivity contribution in [3.05, 3.63) is 23.3 Å². The summed E-state index contributed by atoms with van der Waals surface area (Å²) >= 11 is 0. The first kappa shape index (κ1) is 12.7. The molecule has 1 aromatic carbocycles. The summed E-state index contributed by atoms with van der Waals surface area (Å²) in [5.41, 5.74) is 1.76. The van der Waals surface area contributed by atoms with E-state index in [1.165, 1.54) is 7.11 Å². The van der Waals surface area contributed by atoms with Crippen molar-refractivity contribution in [2.24, 2.45) is 0 Å². The van der Waals surface area contributed by atoms with E-state index in [2.05, 4.69) is 5.32 Å². The average molecular weight is 251 g/mol. The van der Waals surface area contributed by atoms with E-state index >= 15 is 0 Å². The molecule has 2 rings (SSSR count). The molecule has 0 aromatic heterocycles. The number of methoxy groups -OCH3 is 1. The maximum atomic E-state index is 11.9. The van der Waals surface area contributed by atoms with Crippen LogP contribution < -0.4 is 10.1 Å². The molecule has 1 unspecified atom stereocenters. The summed E-state index contributed by atoms with van der Waals surface area (Å²) in [6.45, 7) is 2.81. The molecule has 0 amide bonds. The lowest BCUT2D eigenvalue weighted by atomic mass is 9.93. The van der Waals surface area contributed by atoms with Gasteiger partial charge in [-0.3, -0.25) is 0 Å². The Bertz CT molecular complexity index is 459. The van der Waals surface area contributed by atoms with Gasteiger partial charge in [-0.25, -0.2) is 4.79 Å². The monoisotopic (exact) mass is 251 g/mol. The lowest BCUT2D eigenvalue weighted by molar-refractivity contribution is -0.146. The number of ether oxygens (including phenoxy) is 2. The van der Waals surface area contributed by atoms with Crippen molar-refractivity contribution < 1.29 is 19.4 Å². The zero-order valence-electron chi connectivity index (χ0n) is 10.5. The van der Waals surface area contributed by atoms with Gasteiger partial charge in [0.25, 0.3) is 0 Å². The number of rotatable bonds is 3. The van der Waals surface area contributed by atoms with Crippen LogP contribution in [0.5, 0.6) is 11.5 Å². The number of fused-ring (bicyclic) bond motifs is 1. The number of phenols is 1. The van der Waals surface area contributed by atoms with Gasteiger partial charge in [-0.2, -0.15) is 0 Å². The molecule has 0 saturated carbocycles. The summed E-state index contributed by atoms with van der Waals surface area (Å²) in [7, 11) is 1.48. The predicted octanol–water partition coefficient (Wildman–Crippen LogP) is 1.15. The van der Waals surface area contributed by atoms with Crippen LogP contribution >= 0.6 is 0 Å². The number of esters is 1. The number of carbonyl (C=O) groups excluding carboxylic acids is 1. The fourth-order valence-electron chi connectivity index (χ4n) is 2.17. The van der Waals surface area contributed by atoms with Crippen molar-refractivity contribution in [1.82, 2.24) is 5.32 Å². The number of hydrogen-bond donors (Lipinski definition) is 2. The Labute approximate surface area is 106 Å². The molecule has 5 heteroatoms. The van der Waals surface area contributed by atoms with Gasteiger partial charge in [0.15, 0.2) is 11.5 Å². The summed E-state index contributed by atoms with van der Waals surface area (Å²) in [4.78, 5) is 11.9. The minimum atomic E-state index is -0.483. The molecule has 1 aliphatic rings. The van der Waals surface area contributed by atoms with Gasteiger partial charge in [-0.15, -0.1) is 0 Å². The van der Waals surface area contributed by atoms with E-state index < -0.39 is 6.04 Å². The van der Waals surface area contributed by atoms with Gasteiger partial charge in [0.2, 0.25) is 0 Å². The SMILES string of the molecule is CCOC(=O)C1NCCc2cc(O)c(OC)cc21. The maximum Gasteiger partial charge on any atom is 0.327 e. The fraction of sp³-hybridized carbons (Fsp3) is 0.462. The molecular formula is C13H17NO4. The molecular weight excluding hydrogens is 234 g/mol. The zero-order valence-corrected chi connectivity index (χ0v) is 10.5. The first-order chi connectivity index (χ1) is 8.67. The minimum absolute atomic E-state index is 0.0979. The highest BCUT2D eigenvalue weighted by Gasteiger charge is 2.28. The van der Waals surface area contributed by atoms with Crippen molar-refractivity contribution in [2.45, 2.75) is 19.4 Å². The Kier molecular flexibility index (Phi) is 3.72. The molecule has 0 radical (unpaired) electrons. The summed E-state index contributed by atoms with van der Waals surface area (Å²) in [5, 5.41) is 12.9. The summed E-state index contributed by atoms with van der Waals surface area (Å²) in [6.07, 6.45) is 0.767. The number of hydrogen-bond acceptors (Lipinski definition) is 5. The molecule has 98 valence electrons. The van der Waals surface area contributed by atoms with Crippen LogP contribution in [0.1, 0.15) is 24.1 Å². The quantitative estimate of drug-likeness (QED) is 0.789. The first-order valence-electron chi connectivity index (χ1n) is 5.97. The molecule has 1 aliphatic heterocycles. The second-order valence-corrected chi connectivity index (χ2v) is 4.11. The second kappa shape index (κ2) is 5.27. The standard InChI is InChI=1S/C13H17NO4/c1-3-18-13(16)12-9-7-11(17-2)10(15)6-8(9)4-5-14-12/h6-7,12,14-15H,3-5H2,1-2H3. The van der Waals surface area contributed by atoms with Crippen LogP contribution in [0.3, 0.4) is 0 Å². The molecule has 18 heavy (non-hydrogen) atoms. The van der Waals surface area contributed by atoms with Crippen LogP contribution in [0.25, 0.3) is 0 Å². The van der Waals surface area contributed by atoms with Gasteiger partial charge in [-0.1, -0.05) is 0 Å². The van der Waals surface area contributed by atoms with Crippen molar-refractivity contribution in [3.63, 3.8) is 0 Å². The van der Waals surface area contributed by atoms with E-state index in [-0.39, 0.29) is 11.7 Å². The Morgan fingerprint density at radius 3 is 3.00 bits per heavy atom. The number of nitrogens with one attached hydrogen (secondary N) is 1. The van der Waals surface area contributed by atoms with Gasteiger partial charge in [0.1, 0.15) is 6.04 Å². The third kappa shape index (κ3) is 2.26. The number of phenolic OH excluding ortho intramolecular Hbond substituents is 1. The van der Waals surface area contributed by atoms with Crippen LogP contribution in [0.15, 0.2) is 12.1 Å². The summed E-state index contributed by atoms with van der Waals surface area (Å²) < 4.78 is 10.1. The Morgan fingerprint density at radius 2 is 2.33 bits per heavy atom. The van der Waals surface area contributed by atoms with Crippen molar-refractivity contribution >= 4 is 5.97 Å². The van der Waals surface area contributed by atoms with E-state index in [0.29, 0.717) is 18.9 Å². The molecule has 0 spiro atoms. The first-order valence-corrected chi connectivity index (χ1v) is 5.97. The van der Waals surface area contributed by atoms with E-state index in [4.69, 9.17) is 9.47 Å². The lowest BCUT2D eigenvalue weighted by Gasteiger charge is -2.26. The molecule has 0 bridgehead atoms. The molecule has 5 nitrogen and oxygen atoms in total. The Morgan fingerprint density at radius 1 is 1.56 bits per heavy atom. The number of aromatic hydroxyl groups is 1. The molecule has 0 aliphatic carbocycles. The molecule has 2 N–H and O–H groups in total. The topological polar surface area (TPSA) is 67.8 Å². The minimum Gasteiger partial charge on any atom is -0.504 e. The highest BCUT2D eigenvalue weighted by molar-refractivity contribution is 5.79. The lowest BCUT2D eigenvalue weighted by Crippen LogP contribution is -2.36. The largest absolute Gasteiger partial charge is 0.504 e. The van der Waals surface area contributed by atoms with Crippen LogP contribution in [0.2, 0.25) is 0 Å². The normalized spacial score (nSPS) is 18.0. The van der Waals surface area contributed by atoms with E-state index in [1.807, 2.05) is 0 Å². The van der Waals surface area contributed by atoms with Gasteiger partial charge < -0.3 is 19.9 Å². The van der Waals surface area contributed by atoms with Crippen molar-refractivity contribution in [3.8, 4) is 11.5 Å². The fourth-order valence-corrected chi connectivity index (χ4v) is 2.17. The number of carbonyl (C=O) groups is 1. The van der Waals surface area contributed by atoms with Gasteiger partial charge in [0.05, 0.1) is 13.7 Å². The molecule has 1 atom stereocenters. The average Bonchev–Trinajstić information content (AvgIpc) is 2.37. The Hall–Kier alpha value is -1.75. The maximum absolute atomic E-state index is 11.9. The third-order valence-corrected chi connectivity index (χ3v) is 3.02. The van der Waals surface area contributed by atoms with Gasteiger partial charge in [-0.05, 0) is 36.6 Å². The predicted molar refractivity (Wildman–Crippen MR) is 65.7 cm³/mol. The van der Waals surface area contributed by atoms with Crippen molar-refractivity contribution in [2.75, 3.05) is 20.3 Å². The van der Waals surface area contributed by atoms with Crippen LogP contribution in [0, 0.1) is 0 Å². The smallest absolute Gasteiger partial charge is 0.327 e.